The Hall–Kier alpha value is -2.78. The van der Waals surface area contributed by atoms with Gasteiger partial charge in [0.2, 0.25) is 5.88 Å². The van der Waals surface area contributed by atoms with Crippen molar-refractivity contribution in [2.45, 2.75) is 24.9 Å². The van der Waals surface area contributed by atoms with Crippen LogP contribution in [-0.4, -0.2) is 48.2 Å². The predicted octanol–water partition coefficient (Wildman–Crippen LogP) is 3.00. The normalized spacial score (nSPS) is 15.7. The van der Waals surface area contributed by atoms with Gasteiger partial charge in [0, 0.05) is 19.0 Å². The molecule has 0 saturated carbocycles. The van der Waals surface area contributed by atoms with Gasteiger partial charge in [-0.15, -0.1) is 0 Å². The number of hydrogen-bond donors (Lipinski definition) is 1. The smallest absolute Gasteiger partial charge is 0.432 e. The van der Waals surface area contributed by atoms with Crippen LogP contribution in [0.5, 0.6) is 5.88 Å². The van der Waals surface area contributed by atoms with E-state index < -0.39 is 17.8 Å². The van der Waals surface area contributed by atoms with Gasteiger partial charge >= 0.3 is 12.1 Å². The van der Waals surface area contributed by atoms with Crippen LogP contribution in [0.2, 0.25) is 0 Å². The minimum atomic E-state index is -4.42. The van der Waals surface area contributed by atoms with E-state index in [0.29, 0.717) is 37.6 Å². The molecule has 1 aliphatic heterocycles. The number of nitrogens with zero attached hydrogens (tertiary/aromatic N) is 3. The summed E-state index contributed by atoms with van der Waals surface area (Å²) in [4.78, 5) is 24.3. The Morgan fingerprint density at radius 2 is 1.96 bits per heavy atom. The number of carbonyl (C=O) groups excluding carboxylic acids is 1. The van der Waals surface area contributed by atoms with Crippen LogP contribution in [0.1, 0.15) is 40.6 Å². The third-order valence-electron chi connectivity index (χ3n) is 4.55. The van der Waals surface area contributed by atoms with E-state index in [2.05, 4.69) is 15.0 Å². The van der Waals surface area contributed by atoms with Crippen molar-refractivity contribution in [3.05, 3.63) is 35.4 Å². The number of imidazole rings is 1. The predicted molar refractivity (Wildman–Crippen MR) is 89.9 cm³/mol. The van der Waals surface area contributed by atoms with Gasteiger partial charge in [-0.2, -0.15) is 18.2 Å². The van der Waals surface area contributed by atoms with E-state index in [9.17, 15) is 18.0 Å². The zero-order valence-corrected chi connectivity index (χ0v) is 14.8. The van der Waals surface area contributed by atoms with E-state index in [4.69, 9.17) is 9.47 Å². The van der Waals surface area contributed by atoms with Gasteiger partial charge in [-0.3, -0.25) is 0 Å². The lowest BCUT2D eigenvalue weighted by atomic mass is 9.96. The third-order valence-corrected chi connectivity index (χ3v) is 4.55. The maximum Gasteiger partial charge on any atom is 0.432 e. The Kier molecular flexibility index (Phi) is 5.24. The molecule has 1 aliphatic rings. The molecule has 3 heterocycles. The molecule has 2 aromatic rings. The molecule has 27 heavy (non-hydrogen) atoms. The average molecular weight is 384 g/mol. The van der Waals surface area contributed by atoms with Crippen molar-refractivity contribution < 1.29 is 27.4 Å². The number of esters is 1. The molecule has 1 fully saturated rings. The van der Waals surface area contributed by atoms with Crippen LogP contribution in [0.4, 0.5) is 19.0 Å². The highest BCUT2D eigenvalue weighted by Crippen LogP contribution is 2.33. The Labute approximate surface area is 153 Å². The number of methoxy groups -OCH3 is 2. The molecule has 1 saturated heterocycles. The molecule has 0 bridgehead atoms. The third kappa shape index (κ3) is 3.99. The zero-order valence-electron chi connectivity index (χ0n) is 14.8. The molecule has 2 aromatic heterocycles. The van der Waals surface area contributed by atoms with Crippen molar-refractivity contribution in [2.75, 3.05) is 32.2 Å². The fourth-order valence-electron chi connectivity index (χ4n) is 3.10. The standard InChI is InChI=1S/C17H19F3N4O3/c1-26-15-11(16(25)27-2)3-4-13(23-15)24-7-5-10(6-8-24)14-21-9-12(22-14)17(18,19)20/h3-4,9-10H,5-8H2,1-2H3,(H,21,22). The van der Waals surface area contributed by atoms with Crippen LogP contribution >= 0.6 is 0 Å². The van der Waals surface area contributed by atoms with Crippen LogP contribution in [0.25, 0.3) is 0 Å². The molecule has 3 rings (SSSR count). The van der Waals surface area contributed by atoms with Crippen LogP contribution in [-0.2, 0) is 10.9 Å². The molecule has 0 radical (unpaired) electrons. The Balaban J connectivity index is 1.69. The van der Waals surface area contributed by atoms with Gasteiger partial charge in [0.15, 0.2) is 0 Å². The van der Waals surface area contributed by atoms with Gasteiger partial charge in [-0.25, -0.2) is 9.78 Å². The molecular weight excluding hydrogens is 365 g/mol. The van der Waals surface area contributed by atoms with Crippen molar-refractivity contribution in [2.24, 2.45) is 0 Å². The number of pyridine rings is 1. The summed E-state index contributed by atoms with van der Waals surface area (Å²) < 4.78 is 48.0. The van der Waals surface area contributed by atoms with Gasteiger partial charge in [-0.05, 0) is 25.0 Å². The van der Waals surface area contributed by atoms with Crippen molar-refractivity contribution in [3.8, 4) is 5.88 Å². The second-order valence-corrected chi connectivity index (χ2v) is 6.16. The number of anilines is 1. The second kappa shape index (κ2) is 7.45. The number of aromatic amines is 1. The number of carbonyl (C=O) groups is 1. The molecule has 0 amide bonds. The van der Waals surface area contributed by atoms with Crippen molar-refractivity contribution in [1.29, 1.82) is 0 Å². The molecule has 0 spiro atoms. The molecule has 1 N–H and O–H groups in total. The molecule has 10 heteroatoms. The highest BCUT2D eigenvalue weighted by Gasteiger charge is 2.34. The van der Waals surface area contributed by atoms with Crippen LogP contribution < -0.4 is 9.64 Å². The molecular formula is C17H19F3N4O3. The van der Waals surface area contributed by atoms with Crippen molar-refractivity contribution in [1.82, 2.24) is 15.0 Å². The number of alkyl halides is 3. The zero-order chi connectivity index (χ0) is 19.6. The highest BCUT2D eigenvalue weighted by molar-refractivity contribution is 5.92. The van der Waals surface area contributed by atoms with Gasteiger partial charge in [0.25, 0.3) is 0 Å². The minimum absolute atomic E-state index is 0.0754. The molecule has 146 valence electrons. The van der Waals surface area contributed by atoms with E-state index in [-0.39, 0.29) is 17.4 Å². The lowest BCUT2D eigenvalue weighted by Crippen LogP contribution is -2.34. The monoisotopic (exact) mass is 384 g/mol. The highest BCUT2D eigenvalue weighted by atomic mass is 19.4. The molecule has 0 unspecified atom stereocenters. The van der Waals surface area contributed by atoms with Crippen molar-refractivity contribution >= 4 is 11.8 Å². The second-order valence-electron chi connectivity index (χ2n) is 6.16. The maximum atomic E-state index is 12.7. The summed E-state index contributed by atoms with van der Waals surface area (Å²) in [5.41, 5.74) is -0.598. The SMILES string of the molecule is COC(=O)c1ccc(N2CCC(c3ncc(C(F)(F)F)[nH]3)CC2)nc1OC. The van der Waals surface area contributed by atoms with Gasteiger partial charge in [-0.1, -0.05) is 0 Å². The van der Waals surface area contributed by atoms with Gasteiger partial charge in [0.05, 0.1) is 20.4 Å². The summed E-state index contributed by atoms with van der Waals surface area (Å²) >= 11 is 0. The first-order valence-corrected chi connectivity index (χ1v) is 8.34. The first-order valence-electron chi connectivity index (χ1n) is 8.34. The van der Waals surface area contributed by atoms with Gasteiger partial charge < -0.3 is 19.4 Å². The van der Waals surface area contributed by atoms with Crippen LogP contribution in [0.15, 0.2) is 18.3 Å². The maximum absolute atomic E-state index is 12.7. The first kappa shape index (κ1) is 19.0. The minimum Gasteiger partial charge on any atom is -0.480 e. The number of halogens is 3. The van der Waals surface area contributed by atoms with Gasteiger partial charge in [0.1, 0.15) is 22.9 Å². The number of aromatic nitrogens is 3. The lowest BCUT2D eigenvalue weighted by Gasteiger charge is -2.32. The van der Waals surface area contributed by atoms with E-state index in [1.807, 2.05) is 4.90 Å². The van der Waals surface area contributed by atoms with Crippen molar-refractivity contribution in [3.63, 3.8) is 0 Å². The Morgan fingerprint density at radius 3 is 2.52 bits per heavy atom. The molecule has 0 aliphatic carbocycles. The number of rotatable bonds is 4. The summed E-state index contributed by atoms with van der Waals surface area (Å²) in [7, 11) is 2.69. The van der Waals surface area contributed by atoms with E-state index in [1.165, 1.54) is 14.2 Å². The Morgan fingerprint density at radius 1 is 1.26 bits per heavy atom. The number of piperidine rings is 1. The number of nitrogens with one attached hydrogen (secondary N) is 1. The summed E-state index contributed by atoms with van der Waals surface area (Å²) in [6.07, 6.45) is -2.32. The van der Waals surface area contributed by atoms with Crippen LogP contribution in [0.3, 0.4) is 0 Å². The summed E-state index contributed by atoms with van der Waals surface area (Å²) in [6.45, 7) is 1.20. The lowest BCUT2D eigenvalue weighted by molar-refractivity contribution is -0.141. The largest absolute Gasteiger partial charge is 0.480 e. The molecule has 0 aromatic carbocycles. The average Bonchev–Trinajstić information content (AvgIpc) is 3.17. The Bertz CT molecular complexity index is 814. The first-order chi connectivity index (χ1) is 12.8. The van der Waals surface area contributed by atoms with E-state index in [1.54, 1.807) is 12.1 Å². The van der Waals surface area contributed by atoms with Crippen LogP contribution in [0, 0.1) is 0 Å². The summed E-state index contributed by atoms with van der Waals surface area (Å²) in [6, 6.07) is 3.28. The number of H-pyrrole nitrogens is 1. The molecule has 0 atom stereocenters. The number of ether oxygens (including phenoxy) is 2. The molecule has 7 nitrogen and oxygen atoms in total. The number of hydrogen-bond acceptors (Lipinski definition) is 6. The summed E-state index contributed by atoms with van der Waals surface area (Å²) in [5.74, 6) is 0.542. The fourth-order valence-corrected chi connectivity index (χ4v) is 3.10. The fraction of sp³-hybridized carbons (Fsp3) is 0.471. The van der Waals surface area contributed by atoms with E-state index >= 15 is 0 Å². The summed E-state index contributed by atoms with van der Waals surface area (Å²) in [5, 5.41) is 0. The quantitative estimate of drug-likeness (QED) is 0.817. The van der Waals surface area contributed by atoms with E-state index in [0.717, 1.165) is 6.20 Å². The topological polar surface area (TPSA) is 80.3 Å².